The quantitative estimate of drug-likeness (QED) is 0.938. The summed E-state index contributed by atoms with van der Waals surface area (Å²) in [7, 11) is 3.87. The van der Waals surface area contributed by atoms with Crippen LogP contribution in [0.15, 0.2) is 6.07 Å². The minimum Gasteiger partial charge on any atom is -0.334 e. The lowest BCUT2D eigenvalue weighted by Gasteiger charge is -2.23. The van der Waals surface area contributed by atoms with Crippen molar-refractivity contribution in [3.63, 3.8) is 0 Å². The van der Waals surface area contributed by atoms with Crippen LogP contribution in [0.3, 0.4) is 0 Å². The first-order valence-electron chi connectivity index (χ1n) is 7.00. The molecule has 2 aromatic rings. The lowest BCUT2D eigenvalue weighted by atomic mass is 10.2. The molecule has 1 aliphatic rings. The second kappa shape index (κ2) is 5.18. The molecule has 3 rings (SSSR count). The number of fused-ring (bicyclic) bond motifs is 1. The molecule has 0 saturated carbocycles. The molecule has 1 N–H and O–H groups in total. The zero-order chi connectivity index (χ0) is 14.3. The van der Waals surface area contributed by atoms with Crippen LogP contribution in [-0.4, -0.2) is 46.8 Å². The van der Waals surface area contributed by atoms with Crippen molar-refractivity contribution >= 4 is 27.5 Å². The second-order valence-electron chi connectivity index (χ2n) is 5.39. The Morgan fingerprint density at radius 2 is 2.40 bits per heavy atom. The normalized spacial score (nSPS) is 19.1. The van der Waals surface area contributed by atoms with Gasteiger partial charge in [0, 0.05) is 31.6 Å². The molecule has 2 aromatic heterocycles. The van der Waals surface area contributed by atoms with Gasteiger partial charge in [-0.15, -0.1) is 11.3 Å². The van der Waals surface area contributed by atoms with E-state index in [2.05, 4.69) is 10.4 Å². The molecule has 1 amide bonds. The Morgan fingerprint density at radius 1 is 1.60 bits per heavy atom. The van der Waals surface area contributed by atoms with E-state index in [0.29, 0.717) is 6.04 Å². The summed E-state index contributed by atoms with van der Waals surface area (Å²) in [5.41, 5.74) is 0.992. The number of carbonyl (C=O) groups excluding carboxylic acids is 1. The van der Waals surface area contributed by atoms with Crippen LogP contribution in [0.4, 0.5) is 0 Å². The van der Waals surface area contributed by atoms with Gasteiger partial charge >= 0.3 is 0 Å². The summed E-state index contributed by atoms with van der Waals surface area (Å²) in [5, 5.41) is 8.67. The molecule has 5 nitrogen and oxygen atoms in total. The van der Waals surface area contributed by atoms with Crippen LogP contribution in [0.2, 0.25) is 0 Å². The monoisotopic (exact) mass is 292 g/mol. The molecule has 0 spiro atoms. The first-order valence-corrected chi connectivity index (χ1v) is 7.82. The molecule has 20 heavy (non-hydrogen) atoms. The van der Waals surface area contributed by atoms with Crippen molar-refractivity contribution in [1.29, 1.82) is 0 Å². The van der Waals surface area contributed by atoms with Gasteiger partial charge in [0.2, 0.25) is 0 Å². The maximum absolute atomic E-state index is 12.7. The number of aryl methyl sites for hydroxylation is 2. The van der Waals surface area contributed by atoms with Crippen LogP contribution < -0.4 is 5.32 Å². The number of nitrogens with zero attached hydrogens (tertiary/aromatic N) is 3. The van der Waals surface area contributed by atoms with Crippen molar-refractivity contribution in [3.8, 4) is 0 Å². The third-order valence-corrected chi connectivity index (χ3v) is 5.17. The second-order valence-corrected chi connectivity index (χ2v) is 6.42. The average molecular weight is 292 g/mol. The summed E-state index contributed by atoms with van der Waals surface area (Å²) >= 11 is 1.55. The number of rotatable bonds is 3. The molecular formula is C14H20N4OS. The van der Waals surface area contributed by atoms with Crippen molar-refractivity contribution in [2.75, 3.05) is 20.1 Å². The lowest BCUT2D eigenvalue weighted by molar-refractivity contribution is 0.0742. The van der Waals surface area contributed by atoms with E-state index in [9.17, 15) is 4.79 Å². The lowest BCUT2D eigenvalue weighted by Crippen LogP contribution is -2.40. The van der Waals surface area contributed by atoms with E-state index in [4.69, 9.17) is 0 Å². The molecule has 108 valence electrons. The summed E-state index contributed by atoms with van der Waals surface area (Å²) in [6.45, 7) is 3.73. The highest BCUT2D eigenvalue weighted by molar-refractivity contribution is 7.20. The number of thiophene rings is 1. The van der Waals surface area contributed by atoms with Gasteiger partial charge in [-0.05, 0) is 32.9 Å². The minimum absolute atomic E-state index is 0.170. The minimum atomic E-state index is 0.170. The van der Waals surface area contributed by atoms with E-state index in [1.807, 2.05) is 36.7 Å². The molecule has 1 fully saturated rings. The van der Waals surface area contributed by atoms with Gasteiger partial charge in [0.25, 0.3) is 5.91 Å². The Balaban J connectivity index is 1.90. The molecule has 1 atom stereocenters. The summed E-state index contributed by atoms with van der Waals surface area (Å²) in [6.07, 6.45) is 2.20. The van der Waals surface area contributed by atoms with E-state index >= 15 is 0 Å². The highest BCUT2D eigenvalue weighted by Gasteiger charge is 2.30. The molecule has 0 radical (unpaired) electrons. The molecule has 0 aliphatic carbocycles. The molecule has 0 bridgehead atoms. The number of hydrogen-bond acceptors (Lipinski definition) is 4. The van der Waals surface area contributed by atoms with E-state index in [1.54, 1.807) is 11.3 Å². The van der Waals surface area contributed by atoms with Crippen molar-refractivity contribution in [1.82, 2.24) is 20.0 Å². The number of nitrogens with one attached hydrogen (secondary N) is 1. The Labute approximate surface area is 122 Å². The fourth-order valence-corrected chi connectivity index (χ4v) is 4.08. The van der Waals surface area contributed by atoms with Crippen LogP contribution in [0.5, 0.6) is 0 Å². The fraction of sp³-hybridized carbons (Fsp3) is 0.571. The van der Waals surface area contributed by atoms with E-state index in [-0.39, 0.29) is 5.91 Å². The first-order chi connectivity index (χ1) is 9.61. The van der Waals surface area contributed by atoms with Crippen LogP contribution in [0.1, 0.15) is 28.2 Å². The summed E-state index contributed by atoms with van der Waals surface area (Å²) in [5.74, 6) is 0.170. The van der Waals surface area contributed by atoms with E-state index in [1.165, 1.54) is 0 Å². The van der Waals surface area contributed by atoms with Crippen molar-refractivity contribution in [2.45, 2.75) is 25.8 Å². The van der Waals surface area contributed by atoms with E-state index in [0.717, 1.165) is 46.7 Å². The van der Waals surface area contributed by atoms with Crippen molar-refractivity contribution in [2.24, 2.45) is 7.05 Å². The summed E-state index contributed by atoms with van der Waals surface area (Å²) in [6, 6.07) is 2.33. The zero-order valence-electron chi connectivity index (χ0n) is 12.1. The number of likely N-dealkylation sites (N-methyl/N-ethyl adjacent to an activating group) is 1. The van der Waals surface area contributed by atoms with Gasteiger partial charge in [-0.2, -0.15) is 5.10 Å². The molecular weight excluding hydrogens is 272 g/mol. The third kappa shape index (κ3) is 2.13. The van der Waals surface area contributed by atoms with Gasteiger partial charge in [-0.25, -0.2) is 0 Å². The SMILES string of the molecule is CNCC1CCCN1C(=O)c1cc2c(C)nn(C)c2s1. The predicted molar refractivity (Wildman–Crippen MR) is 81.3 cm³/mol. The Hall–Kier alpha value is -1.40. The van der Waals surface area contributed by atoms with Gasteiger partial charge in [-0.3, -0.25) is 9.48 Å². The number of aromatic nitrogens is 2. The van der Waals surface area contributed by atoms with Gasteiger partial charge in [0.05, 0.1) is 10.6 Å². The summed E-state index contributed by atoms with van der Waals surface area (Å²) < 4.78 is 1.86. The fourth-order valence-electron chi connectivity index (χ4n) is 3.00. The van der Waals surface area contributed by atoms with Crippen LogP contribution >= 0.6 is 11.3 Å². The Bertz CT molecular complexity index is 610. The molecule has 1 saturated heterocycles. The molecule has 1 unspecified atom stereocenters. The molecule has 0 aromatic carbocycles. The van der Waals surface area contributed by atoms with Crippen LogP contribution in [0, 0.1) is 6.92 Å². The molecule has 3 heterocycles. The van der Waals surface area contributed by atoms with Crippen LogP contribution in [-0.2, 0) is 7.05 Å². The zero-order valence-corrected chi connectivity index (χ0v) is 13.0. The first kappa shape index (κ1) is 13.6. The number of hydrogen-bond donors (Lipinski definition) is 1. The maximum Gasteiger partial charge on any atom is 0.264 e. The Kier molecular flexibility index (Phi) is 3.52. The van der Waals surface area contributed by atoms with Gasteiger partial charge in [-0.1, -0.05) is 0 Å². The maximum atomic E-state index is 12.7. The third-order valence-electron chi connectivity index (χ3n) is 3.98. The predicted octanol–water partition coefficient (Wildman–Crippen LogP) is 1.77. The van der Waals surface area contributed by atoms with Crippen molar-refractivity contribution in [3.05, 3.63) is 16.6 Å². The standard InChI is InChI=1S/C14H20N4OS/c1-9-11-7-12(20-14(11)17(3)16-9)13(19)18-6-4-5-10(18)8-15-2/h7,10,15H,4-6,8H2,1-3H3. The van der Waals surface area contributed by atoms with E-state index < -0.39 is 0 Å². The Morgan fingerprint density at radius 3 is 3.10 bits per heavy atom. The molecule has 6 heteroatoms. The van der Waals surface area contributed by atoms with Gasteiger partial charge in [0.15, 0.2) is 0 Å². The largest absolute Gasteiger partial charge is 0.334 e. The van der Waals surface area contributed by atoms with Crippen LogP contribution in [0.25, 0.3) is 10.2 Å². The smallest absolute Gasteiger partial charge is 0.264 e. The van der Waals surface area contributed by atoms with Gasteiger partial charge < -0.3 is 10.2 Å². The number of carbonyl (C=O) groups is 1. The van der Waals surface area contributed by atoms with Crippen molar-refractivity contribution < 1.29 is 4.79 Å². The summed E-state index contributed by atoms with van der Waals surface area (Å²) in [4.78, 5) is 16.6. The number of amides is 1. The highest BCUT2D eigenvalue weighted by Crippen LogP contribution is 2.30. The van der Waals surface area contributed by atoms with Gasteiger partial charge in [0.1, 0.15) is 4.83 Å². The molecule has 1 aliphatic heterocycles. The topological polar surface area (TPSA) is 50.2 Å². The number of likely N-dealkylation sites (tertiary alicyclic amines) is 1. The highest BCUT2D eigenvalue weighted by atomic mass is 32.1. The average Bonchev–Trinajstić information content (AvgIpc) is 3.09.